The van der Waals surface area contributed by atoms with Gasteiger partial charge in [-0.15, -0.1) is 0 Å². The van der Waals surface area contributed by atoms with E-state index >= 15 is 0 Å². The Morgan fingerprint density at radius 1 is 1.00 bits per heavy atom. The Labute approximate surface area is 156 Å². The Bertz CT molecular complexity index is 1150. The first-order valence-corrected chi connectivity index (χ1v) is 9.01. The highest BCUT2D eigenvalue weighted by Crippen LogP contribution is 2.24. The highest BCUT2D eigenvalue weighted by molar-refractivity contribution is 5.76. The standard InChI is InChI=1S/C21H20N4O2/c1-3-19-23-20-16(14-22-25(20)15-10-6-5-7-11-15)21(26)24(19)17-12-8-9-13-18(17)27-4-2/h5-14H,3-4H2,1-2H3. The summed E-state index contributed by atoms with van der Waals surface area (Å²) in [5, 5.41) is 4.88. The van der Waals surface area contributed by atoms with Crippen LogP contribution in [-0.4, -0.2) is 25.9 Å². The lowest BCUT2D eigenvalue weighted by Crippen LogP contribution is -2.24. The van der Waals surface area contributed by atoms with E-state index in [2.05, 4.69) is 5.10 Å². The molecule has 0 N–H and O–H groups in total. The van der Waals surface area contributed by atoms with Crippen molar-refractivity contribution in [2.45, 2.75) is 20.3 Å². The average Bonchev–Trinajstić information content (AvgIpc) is 3.14. The smallest absolute Gasteiger partial charge is 0.269 e. The molecular formula is C21H20N4O2. The van der Waals surface area contributed by atoms with Gasteiger partial charge in [-0.3, -0.25) is 9.36 Å². The molecule has 2 aromatic heterocycles. The van der Waals surface area contributed by atoms with Crippen molar-refractivity contribution in [2.75, 3.05) is 6.61 Å². The van der Waals surface area contributed by atoms with E-state index in [4.69, 9.17) is 9.72 Å². The number of para-hydroxylation sites is 3. The maximum absolute atomic E-state index is 13.3. The molecule has 0 aliphatic heterocycles. The number of ether oxygens (including phenoxy) is 1. The predicted octanol–water partition coefficient (Wildman–Crippen LogP) is 3.53. The molecule has 0 aliphatic rings. The molecule has 6 heteroatoms. The second-order valence-electron chi connectivity index (χ2n) is 6.05. The fraction of sp³-hybridized carbons (Fsp3) is 0.190. The Hall–Kier alpha value is -3.41. The number of hydrogen-bond donors (Lipinski definition) is 0. The maximum atomic E-state index is 13.3. The molecule has 136 valence electrons. The molecule has 0 bridgehead atoms. The minimum Gasteiger partial charge on any atom is -0.492 e. The van der Waals surface area contributed by atoms with Gasteiger partial charge < -0.3 is 4.74 Å². The number of nitrogens with zero attached hydrogens (tertiary/aromatic N) is 4. The van der Waals surface area contributed by atoms with Crippen LogP contribution in [0.3, 0.4) is 0 Å². The molecule has 0 spiro atoms. The van der Waals surface area contributed by atoms with Crippen molar-refractivity contribution in [3.63, 3.8) is 0 Å². The van der Waals surface area contributed by atoms with Crippen LogP contribution >= 0.6 is 0 Å². The molecule has 0 amide bonds. The molecule has 4 aromatic rings. The molecule has 4 rings (SSSR count). The van der Waals surface area contributed by atoms with Crippen LogP contribution in [0.25, 0.3) is 22.4 Å². The Kier molecular flexibility index (Phi) is 4.46. The van der Waals surface area contributed by atoms with Gasteiger partial charge in [0.1, 0.15) is 17.0 Å². The summed E-state index contributed by atoms with van der Waals surface area (Å²) in [6.07, 6.45) is 2.18. The summed E-state index contributed by atoms with van der Waals surface area (Å²) in [6.45, 7) is 4.43. The van der Waals surface area contributed by atoms with E-state index in [1.807, 2.05) is 68.4 Å². The number of fused-ring (bicyclic) bond motifs is 1. The van der Waals surface area contributed by atoms with Crippen molar-refractivity contribution >= 4 is 11.0 Å². The van der Waals surface area contributed by atoms with Crippen molar-refractivity contribution in [3.8, 4) is 17.1 Å². The molecule has 2 aromatic carbocycles. The first-order valence-electron chi connectivity index (χ1n) is 9.01. The van der Waals surface area contributed by atoms with Gasteiger partial charge in [-0.2, -0.15) is 5.10 Å². The van der Waals surface area contributed by atoms with Gasteiger partial charge in [0, 0.05) is 6.42 Å². The van der Waals surface area contributed by atoms with Gasteiger partial charge in [-0.25, -0.2) is 9.67 Å². The van der Waals surface area contributed by atoms with E-state index in [0.29, 0.717) is 41.3 Å². The van der Waals surface area contributed by atoms with Crippen molar-refractivity contribution in [1.29, 1.82) is 0 Å². The topological polar surface area (TPSA) is 61.9 Å². The molecule has 0 unspecified atom stereocenters. The van der Waals surface area contributed by atoms with Crippen LogP contribution in [0.1, 0.15) is 19.7 Å². The van der Waals surface area contributed by atoms with E-state index in [9.17, 15) is 4.79 Å². The molecule has 0 aliphatic carbocycles. The second-order valence-corrected chi connectivity index (χ2v) is 6.05. The Balaban J connectivity index is 1.99. The van der Waals surface area contributed by atoms with E-state index in [0.717, 1.165) is 5.69 Å². The lowest BCUT2D eigenvalue weighted by molar-refractivity contribution is 0.338. The third-order valence-electron chi connectivity index (χ3n) is 4.39. The summed E-state index contributed by atoms with van der Waals surface area (Å²) < 4.78 is 9.06. The zero-order valence-corrected chi connectivity index (χ0v) is 15.3. The van der Waals surface area contributed by atoms with Crippen molar-refractivity contribution in [3.05, 3.63) is 77.0 Å². The number of benzene rings is 2. The average molecular weight is 360 g/mol. The fourth-order valence-corrected chi connectivity index (χ4v) is 3.17. The lowest BCUT2D eigenvalue weighted by atomic mass is 10.2. The summed E-state index contributed by atoms with van der Waals surface area (Å²) in [5.41, 5.74) is 1.98. The van der Waals surface area contributed by atoms with E-state index < -0.39 is 0 Å². The molecule has 0 saturated heterocycles. The zero-order chi connectivity index (χ0) is 18.8. The predicted molar refractivity (Wildman–Crippen MR) is 105 cm³/mol. The number of hydrogen-bond acceptors (Lipinski definition) is 4. The van der Waals surface area contributed by atoms with Gasteiger partial charge in [0.2, 0.25) is 0 Å². The highest BCUT2D eigenvalue weighted by Gasteiger charge is 2.18. The van der Waals surface area contributed by atoms with Crippen LogP contribution < -0.4 is 10.3 Å². The fourth-order valence-electron chi connectivity index (χ4n) is 3.17. The first kappa shape index (κ1) is 17.0. The number of aromatic nitrogens is 4. The minimum absolute atomic E-state index is 0.147. The van der Waals surface area contributed by atoms with Gasteiger partial charge in [0.05, 0.1) is 24.2 Å². The van der Waals surface area contributed by atoms with E-state index in [1.165, 1.54) is 0 Å². The van der Waals surface area contributed by atoms with Gasteiger partial charge in [0.25, 0.3) is 5.56 Å². The summed E-state index contributed by atoms with van der Waals surface area (Å²) in [4.78, 5) is 18.1. The van der Waals surface area contributed by atoms with Gasteiger partial charge in [-0.1, -0.05) is 37.3 Å². The lowest BCUT2D eigenvalue weighted by Gasteiger charge is -2.15. The number of aryl methyl sites for hydroxylation is 1. The van der Waals surface area contributed by atoms with Crippen LogP contribution in [0, 0.1) is 0 Å². The highest BCUT2D eigenvalue weighted by atomic mass is 16.5. The minimum atomic E-state index is -0.147. The van der Waals surface area contributed by atoms with Crippen LogP contribution in [0.4, 0.5) is 0 Å². The summed E-state index contributed by atoms with van der Waals surface area (Å²) in [7, 11) is 0. The maximum Gasteiger partial charge on any atom is 0.269 e. The molecule has 6 nitrogen and oxygen atoms in total. The molecule has 2 heterocycles. The third kappa shape index (κ3) is 2.89. The largest absolute Gasteiger partial charge is 0.492 e. The quantitative estimate of drug-likeness (QED) is 0.546. The van der Waals surface area contributed by atoms with Gasteiger partial charge >= 0.3 is 0 Å². The molecule has 0 atom stereocenters. The normalized spacial score (nSPS) is 11.0. The molecule has 0 radical (unpaired) electrons. The van der Waals surface area contributed by atoms with Crippen molar-refractivity contribution in [2.24, 2.45) is 0 Å². The Morgan fingerprint density at radius 2 is 1.74 bits per heavy atom. The van der Waals surface area contributed by atoms with Gasteiger partial charge in [0.15, 0.2) is 5.65 Å². The van der Waals surface area contributed by atoms with Crippen molar-refractivity contribution in [1.82, 2.24) is 19.3 Å². The van der Waals surface area contributed by atoms with Crippen LogP contribution in [0.2, 0.25) is 0 Å². The monoisotopic (exact) mass is 360 g/mol. The van der Waals surface area contributed by atoms with E-state index in [1.54, 1.807) is 15.4 Å². The first-order chi connectivity index (χ1) is 13.2. The van der Waals surface area contributed by atoms with Gasteiger partial charge in [-0.05, 0) is 31.2 Å². The third-order valence-corrected chi connectivity index (χ3v) is 4.39. The summed E-state index contributed by atoms with van der Waals surface area (Å²) >= 11 is 0. The SMILES string of the molecule is CCOc1ccccc1-n1c(CC)nc2c(cnn2-c2ccccc2)c1=O. The Morgan fingerprint density at radius 3 is 2.48 bits per heavy atom. The van der Waals surface area contributed by atoms with Crippen LogP contribution in [0.15, 0.2) is 65.6 Å². The van der Waals surface area contributed by atoms with E-state index in [-0.39, 0.29) is 5.56 Å². The molecule has 27 heavy (non-hydrogen) atoms. The molecule has 0 saturated carbocycles. The second kappa shape index (κ2) is 7.07. The summed E-state index contributed by atoms with van der Waals surface area (Å²) in [5.74, 6) is 1.32. The van der Waals surface area contributed by atoms with Crippen molar-refractivity contribution < 1.29 is 4.74 Å². The molecular weight excluding hydrogens is 340 g/mol. The zero-order valence-electron chi connectivity index (χ0n) is 15.3. The molecule has 0 fully saturated rings. The number of rotatable bonds is 5. The summed E-state index contributed by atoms with van der Waals surface area (Å²) in [6, 6.07) is 17.2. The van der Waals surface area contributed by atoms with Crippen LogP contribution in [-0.2, 0) is 6.42 Å². The van der Waals surface area contributed by atoms with Crippen LogP contribution in [0.5, 0.6) is 5.75 Å².